The monoisotopic (exact) mass is 865 g/mol. The number of thiazole rings is 1. The normalized spacial score (nSPS) is 27.6. The smallest absolute Gasteiger partial charge is 0.297 e. The van der Waals surface area contributed by atoms with Crippen LogP contribution < -0.4 is 9.46 Å². The lowest BCUT2D eigenvalue weighted by Crippen LogP contribution is -2.47. The summed E-state index contributed by atoms with van der Waals surface area (Å²) in [6.07, 6.45) is 14.7. The molecule has 5 atom stereocenters. The van der Waals surface area contributed by atoms with Crippen molar-refractivity contribution in [1.29, 1.82) is 0 Å². The largest absolute Gasteiger partial charge is 0.459 e. The van der Waals surface area contributed by atoms with E-state index in [1.165, 1.54) is 25.7 Å². The molecule has 11 nitrogen and oxygen atoms in total. The van der Waals surface area contributed by atoms with Crippen molar-refractivity contribution in [1.82, 2.24) is 24.2 Å². The minimum Gasteiger partial charge on any atom is -0.459 e. The van der Waals surface area contributed by atoms with Crippen molar-refractivity contribution in [2.45, 2.75) is 146 Å². The molecule has 0 spiro atoms. The molecule has 3 aliphatic carbocycles. The van der Waals surface area contributed by atoms with E-state index in [0.29, 0.717) is 44.0 Å². The molecule has 324 valence electrons. The minimum atomic E-state index is -3.91. The number of aromatic nitrogens is 3. The number of benzene rings is 2. The van der Waals surface area contributed by atoms with E-state index in [2.05, 4.69) is 46.7 Å². The number of carbonyl (C=O) groups excluding carboxylic acids is 3. The molecule has 0 bridgehead atoms. The number of amides is 2. The number of para-hydroxylation sites is 1. The van der Waals surface area contributed by atoms with Crippen molar-refractivity contribution in [2.75, 3.05) is 6.54 Å². The molecule has 4 heterocycles. The lowest BCUT2D eigenvalue weighted by Gasteiger charge is -2.29. The Morgan fingerprint density at radius 3 is 2.51 bits per heavy atom. The van der Waals surface area contributed by atoms with Crippen LogP contribution in [-0.4, -0.2) is 68.9 Å². The Bertz CT molecular complexity index is 2430. The molecule has 2 aliphatic heterocycles. The van der Waals surface area contributed by atoms with Crippen LogP contribution in [0.25, 0.3) is 21.6 Å². The van der Waals surface area contributed by atoms with Crippen molar-refractivity contribution in [3.05, 3.63) is 77.3 Å². The molecule has 61 heavy (non-hydrogen) atoms. The van der Waals surface area contributed by atoms with Crippen molar-refractivity contribution in [2.24, 2.45) is 17.3 Å². The van der Waals surface area contributed by atoms with E-state index < -0.39 is 38.2 Å². The number of ketones is 1. The summed E-state index contributed by atoms with van der Waals surface area (Å²) in [4.78, 5) is 55.9. The Morgan fingerprint density at radius 2 is 1.75 bits per heavy atom. The van der Waals surface area contributed by atoms with E-state index in [4.69, 9.17) is 14.7 Å². The zero-order valence-corrected chi connectivity index (χ0v) is 37.3. The van der Waals surface area contributed by atoms with Gasteiger partial charge in [0.1, 0.15) is 16.6 Å². The van der Waals surface area contributed by atoms with Gasteiger partial charge in [0, 0.05) is 41.7 Å². The summed E-state index contributed by atoms with van der Waals surface area (Å²) >= 11 is 1.65. The van der Waals surface area contributed by atoms with E-state index in [9.17, 15) is 22.8 Å². The highest BCUT2D eigenvalue weighted by molar-refractivity contribution is 7.91. The van der Waals surface area contributed by atoms with Gasteiger partial charge in [-0.15, -0.1) is 11.3 Å². The number of allylic oxidation sites excluding steroid dienone is 2. The predicted molar refractivity (Wildman–Crippen MR) is 238 cm³/mol. The summed E-state index contributed by atoms with van der Waals surface area (Å²) in [5, 5.41) is 3.13. The van der Waals surface area contributed by atoms with Crippen LogP contribution in [-0.2, 0) is 30.8 Å². The van der Waals surface area contributed by atoms with E-state index in [1.807, 2.05) is 42.5 Å². The summed E-state index contributed by atoms with van der Waals surface area (Å²) < 4.78 is 37.0. The van der Waals surface area contributed by atoms with Crippen LogP contribution >= 0.6 is 11.3 Å². The molecule has 0 radical (unpaired) electrons. The maximum atomic E-state index is 15.0. The van der Waals surface area contributed by atoms with Crippen molar-refractivity contribution >= 4 is 50.0 Å². The maximum absolute atomic E-state index is 15.0. The number of Topliss-reactive ketones (excluding diaryl/α,β-unsaturated/α-hetero) is 1. The third-order valence-electron chi connectivity index (χ3n) is 14.3. The molecule has 1 saturated heterocycles. The highest BCUT2D eigenvalue weighted by Crippen LogP contribution is 2.58. The number of ether oxygens (including phenoxy) is 1. The van der Waals surface area contributed by atoms with Gasteiger partial charge in [-0.05, 0) is 102 Å². The van der Waals surface area contributed by atoms with Crippen LogP contribution in [0, 0.1) is 17.3 Å². The standard InChI is InChI=1S/C48H59N5O6S2/c1-31(2)53-39-22-14-21-37(43-49-38(30-60-43)33-17-12-13-18-33)42(39)50-46(53)59-36-26-40-41(54)28-48(45(56)51-61(57,58)47(3)23-24-47)27-35(48)20-11-6-4-5-10-19-34(44(55)52(40)29-36)25-32-15-8-7-9-16-32/h7-9,11,14-16,20-22,30-31,33-36,40H,4-6,10,12-13,17-19,23-29H2,1-3H3,(H,51,56)/b20-11-/t34-,35-,36-,40+,48-/m1/s1. The second-order valence-electron chi connectivity index (χ2n) is 19.0. The van der Waals surface area contributed by atoms with Crippen molar-refractivity contribution in [3.8, 4) is 16.6 Å². The number of imidazole rings is 1. The van der Waals surface area contributed by atoms with Gasteiger partial charge in [-0.3, -0.25) is 23.7 Å². The molecule has 13 heteroatoms. The predicted octanol–water partition coefficient (Wildman–Crippen LogP) is 9.09. The molecule has 4 fully saturated rings. The second-order valence-corrected chi connectivity index (χ2v) is 22.1. The summed E-state index contributed by atoms with van der Waals surface area (Å²) in [5.41, 5.74) is 3.72. The first-order valence-electron chi connectivity index (χ1n) is 22.6. The lowest BCUT2D eigenvalue weighted by atomic mass is 9.90. The fourth-order valence-corrected chi connectivity index (χ4v) is 12.4. The number of carbonyl (C=O) groups is 3. The fraction of sp³-hybridized carbons (Fsp3) is 0.562. The van der Waals surface area contributed by atoms with E-state index in [1.54, 1.807) is 23.2 Å². The molecule has 0 unspecified atom stereocenters. The zero-order valence-electron chi connectivity index (χ0n) is 35.7. The first-order chi connectivity index (χ1) is 29.4. The molecule has 5 aliphatic rings. The summed E-state index contributed by atoms with van der Waals surface area (Å²) in [5.74, 6) is -1.04. The Hall–Kier alpha value is -4.36. The van der Waals surface area contributed by atoms with Gasteiger partial charge in [0.15, 0.2) is 5.78 Å². The highest BCUT2D eigenvalue weighted by Gasteiger charge is 2.62. The average Bonchev–Trinajstić information content (AvgIpc) is 3.72. The van der Waals surface area contributed by atoms with Gasteiger partial charge >= 0.3 is 0 Å². The number of hydrogen-bond acceptors (Lipinski definition) is 9. The third kappa shape index (κ3) is 8.33. The van der Waals surface area contributed by atoms with E-state index in [-0.39, 0.29) is 49.0 Å². The first-order valence-corrected chi connectivity index (χ1v) is 25.0. The Kier molecular flexibility index (Phi) is 11.5. The lowest BCUT2D eigenvalue weighted by molar-refractivity contribution is -0.142. The number of fused-ring (bicyclic) bond motifs is 3. The van der Waals surface area contributed by atoms with Crippen LogP contribution in [0.4, 0.5) is 0 Å². The van der Waals surface area contributed by atoms with Crippen LogP contribution in [0.2, 0.25) is 0 Å². The third-order valence-corrected chi connectivity index (χ3v) is 17.3. The summed E-state index contributed by atoms with van der Waals surface area (Å²) in [6.45, 7) is 6.04. The molecule has 2 amide bonds. The SMILES string of the molecule is CC(C)n1c(O[C@@H]2C[C@H]3C(=O)C[C@]4(C(=O)NS(=O)(=O)C5(C)CC5)C[C@H]4/C=C\CCCCC[C@H](Cc4ccccc4)C(=O)N3C2)nc2c(-c3nc(C4CCCC4)cs3)cccc21. The zero-order chi connectivity index (χ0) is 42.5. The molecule has 2 aromatic heterocycles. The maximum Gasteiger partial charge on any atom is 0.297 e. The topological polar surface area (TPSA) is 141 Å². The first kappa shape index (κ1) is 42.0. The molecular formula is C48H59N5O6S2. The van der Waals surface area contributed by atoms with Gasteiger partial charge < -0.3 is 9.64 Å². The van der Waals surface area contributed by atoms with E-state index >= 15 is 0 Å². The Labute approximate surface area is 363 Å². The Balaban J connectivity index is 1.04. The van der Waals surface area contributed by atoms with Gasteiger partial charge in [-0.1, -0.05) is 74.2 Å². The molecule has 2 aromatic carbocycles. The van der Waals surface area contributed by atoms with Gasteiger partial charge in [-0.2, -0.15) is 4.98 Å². The van der Waals surface area contributed by atoms with E-state index in [0.717, 1.165) is 58.5 Å². The number of nitrogens with zero attached hydrogens (tertiary/aromatic N) is 4. The van der Waals surface area contributed by atoms with Crippen LogP contribution in [0.5, 0.6) is 6.01 Å². The highest BCUT2D eigenvalue weighted by atomic mass is 32.2. The number of nitrogens with one attached hydrogen (secondary N) is 1. The van der Waals surface area contributed by atoms with Crippen LogP contribution in [0.15, 0.2) is 66.1 Å². The van der Waals surface area contributed by atoms with Crippen molar-refractivity contribution in [3.63, 3.8) is 0 Å². The average molecular weight is 866 g/mol. The van der Waals surface area contributed by atoms with Gasteiger partial charge in [0.2, 0.25) is 21.8 Å². The summed E-state index contributed by atoms with van der Waals surface area (Å²) in [7, 11) is -3.91. The number of rotatable bonds is 10. The second kappa shape index (κ2) is 16.7. The van der Waals surface area contributed by atoms with Crippen molar-refractivity contribution < 1.29 is 27.5 Å². The molecule has 1 N–H and O–H groups in total. The van der Waals surface area contributed by atoms with Crippen LogP contribution in [0.1, 0.15) is 134 Å². The minimum absolute atomic E-state index is 0.00150. The van der Waals surface area contributed by atoms with Gasteiger partial charge in [0.05, 0.1) is 34.0 Å². The molecule has 3 saturated carbocycles. The fourth-order valence-electron chi connectivity index (χ4n) is 10.1. The number of sulfonamides is 1. The number of hydrogen-bond donors (Lipinski definition) is 1. The van der Waals surface area contributed by atoms with Gasteiger partial charge in [-0.25, -0.2) is 13.4 Å². The molecular weight excluding hydrogens is 807 g/mol. The summed E-state index contributed by atoms with van der Waals surface area (Å²) in [6, 6.07) is 15.8. The van der Waals surface area contributed by atoms with Crippen LogP contribution in [0.3, 0.4) is 0 Å². The molecule has 4 aromatic rings. The van der Waals surface area contributed by atoms with Gasteiger partial charge in [0.25, 0.3) is 6.01 Å². The quantitative estimate of drug-likeness (QED) is 0.156. The molecule has 9 rings (SSSR count). The Morgan fingerprint density at radius 1 is 0.984 bits per heavy atom.